The minimum Gasteiger partial charge on any atom is -0.408 e. The zero-order valence-electron chi connectivity index (χ0n) is 9.82. The number of rotatable bonds is 3. The van der Waals surface area contributed by atoms with Gasteiger partial charge in [0.1, 0.15) is 0 Å². The molecule has 0 aliphatic heterocycles. The van der Waals surface area contributed by atoms with E-state index in [0.29, 0.717) is 17.5 Å². The molecule has 2 N–H and O–H groups in total. The molecule has 1 aliphatic carbocycles. The van der Waals surface area contributed by atoms with Crippen LogP contribution < -0.4 is 11.1 Å². The van der Waals surface area contributed by atoms with Crippen LogP contribution in [0.2, 0.25) is 0 Å². The first kappa shape index (κ1) is 10.6. The third-order valence-electron chi connectivity index (χ3n) is 3.74. The summed E-state index contributed by atoms with van der Waals surface area (Å²) in [7, 11) is 1.99. The van der Waals surface area contributed by atoms with Gasteiger partial charge in [-0.3, -0.25) is 4.98 Å². The average Bonchev–Trinajstić information content (AvgIpc) is 2.61. The second-order valence-corrected chi connectivity index (χ2v) is 4.73. The van der Waals surface area contributed by atoms with Crippen LogP contribution in [0, 0.1) is 5.92 Å². The van der Waals surface area contributed by atoms with Crippen molar-refractivity contribution in [3.63, 3.8) is 0 Å². The van der Waals surface area contributed by atoms with E-state index in [4.69, 9.17) is 4.42 Å². The van der Waals surface area contributed by atoms with Gasteiger partial charge < -0.3 is 9.73 Å². The highest BCUT2D eigenvalue weighted by Crippen LogP contribution is 2.37. The standard InChI is InChI=1S/C13H16N2O2/c1-14-12(8-3-2-4-8)9-5-6-10-11(7-9)17-13(16)15-10/h5-8,12,14H,2-4H2,1H3,(H,15,16). The molecule has 3 rings (SSSR count). The molecule has 17 heavy (non-hydrogen) atoms. The summed E-state index contributed by atoms with van der Waals surface area (Å²) >= 11 is 0. The first-order valence-electron chi connectivity index (χ1n) is 6.08. The van der Waals surface area contributed by atoms with Gasteiger partial charge in [0.2, 0.25) is 0 Å². The van der Waals surface area contributed by atoms with E-state index < -0.39 is 0 Å². The molecule has 0 bridgehead atoms. The highest BCUT2D eigenvalue weighted by atomic mass is 16.4. The van der Waals surface area contributed by atoms with Gasteiger partial charge in [0, 0.05) is 6.04 Å². The zero-order valence-corrected chi connectivity index (χ0v) is 9.82. The van der Waals surface area contributed by atoms with Gasteiger partial charge in [-0.25, -0.2) is 4.79 Å². The molecule has 1 unspecified atom stereocenters. The number of nitrogens with one attached hydrogen (secondary N) is 2. The summed E-state index contributed by atoms with van der Waals surface area (Å²) in [6.07, 6.45) is 3.88. The van der Waals surface area contributed by atoms with Crippen LogP contribution in [0.5, 0.6) is 0 Å². The summed E-state index contributed by atoms with van der Waals surface area (Å²) in [4.78, 5) is 13.8. The van der Waals surface area contributed by atoms with Gasteiger partial charge >= 0.3 is 5.76 Å². The van der Waals surface area contributed by atoms with Crippen LogP contribution in [0.15, 0.2) is 27.4 Å². The van der Waals surface area contributed by atoms with Crippen LogP contribution >= 0.6 is 0 Å². The van der Waals surface area contributed by atoms with Gasteiger partial charge in [0.15, 0.2) is 5.58 Å². The summed E-state index contributed by atoms with van der Waals surface area (Å²) in [6.45, 7) is 0. The summed E-state index contributed by atoms with van der Waals surface area (Å²) in [5.74, 6) is 0.324. The number of aromatic nitrogens is 1. The third kappa shape index (κ3) is 1.78. The van der Waals surface area contributed by atoms with E-state index >= 15 is 0 Å². The number of hydrogen-bond donors (Lipinski definition) is 2. The Morgan fingerprint density at radius 3 is 2.94 bits per heavy atom. The molecule has 1 atom stereocenters. The molecule has 0 spiro atoms. The molecule has 1 heterocycles. The van der Waals surface area contributed by atoms with E-state index in [-0.39, 0.29) is 5.76 Å². The summed E-state index contributed by atoms with van der Waals surface area (Å²) < 4.78 is 5.10. The first-order valence-corrected chi connectivity index (χ1v) is 6.08. The zero-order chi connectivity index (χ0) is 11.8. The Hall–Kier alpha value is -1.55. The van der Waals surface area contributed by atoms with Gasteiger partial charge in [-0.15, -0.1) is 0 Å². The second-order valence-electron chi connectivity index (χ2n) is 4.73. The van der Waals surface area contributed by atoms with Gasteiger partial charge in [-0.1, -0.05) is 12.5 Å². The maximum Gasteiger partial charge on any atom is 0.417 e. The van der Waals surface area contributed by atoms with Crippen LogP contribution in [-0.4, -0.2) is 12.0 Å². The lowest BCUT2D eigenvalue weighted by molar-refractivity contribution is 0.239. The van der Waals surface area contributed by atoms with E-state index in [1.165, 1.54) is 24.8 Å². The quantitative estimate of drug-likeness (QED) is 0.852. The van der Waals surface area contributed by atoms with E-state index in [2.05, 4.69) is 16.4 Å². The molecule has 0 amide bonds. The summed E-state index contributed by atoms with van der Waals surface area (Å²) in [5, 5.41) is 3.36. The SMILES string of the molecule is CNC(c1ccc2[nH]c(=O)oc2c1)C1CCC1. The topological polar surface area (TPSA) is 58.0 Å². The van der Waals surface area contributed by atoms with Crippen LogP contribution in [0.1, 0.15) is 30.9 Å². The molecule has 0 radical (unpaired) electrons. The van der Waals surface area contributed by atoms with Crippen molar-refractivity contribution in [2.45, 2.75) is 25.3 Å². The van der Waals surface area contributed by atoms with Crippen molar-refractivity contribution in [1.29, 1.82) is 0 Å². The maximum atomic E-state index is 11.1. The predicted octanol–water partition coefficient (Wildman–Crippen LogP) is 2.18. The molecule has 4 nitrogen and oxygen atoms in total. The number of oxazole rings is 1. The molecule has 1 aromatic carbocycles. The lowest BCUT2D eigenvalue weighted by atomic mass is 9.77. The Balaban J connectivity index is 2.00. The molecule has 1 saturated carbocycles. The van der Waals surface area contributed by atoms with Crippen molar-refractivity contribution in [2.75, 3.05) is 7.05 Å². The van der Waals surface area contributed by atoms with E-state index in [0.717, 1.165) is 5.52 Å². The van der Waals surface area contributed by atoms with Gasteiger partial charge in [0.25, 0.3) is 0 Å². The monoisotopic (exact) mass is 232 g/mol. The molecule has 0 saturated heterocycles. The minimum absolute atomic E-state index is 0.369. The Morgan fingerprint density at radius 2 is 2.29 bits per heavy atom. The fourth-order valence-corrected chi connectivity index (χ4v) is 2.60. The number of fused-ring (bicyclic) bond motifs is 1. The van der Waals surface area contributed by atoms with Crippen LogP contribution in [-0.2, 0) is 0 Å². The Labute approximate surface area is 99.0 Å². The normalized spacial score (nSPS) is 18.2. The molecular formula is C13H16N2O2. The molecule has 1 aromatic heterocycles. The molecule has 2 aromatic rings. The third-order valence-corrected chi connectivity index (χ3v) is 3.74. The van der Waals surface area contributed by atoms with Gasteiger partial charge in [0.05, 0.1) is 5.52 Å². The summed E-state index contributed by atoms with van der Waals surface area (Å²) in [6, 6.07) is 6.31. The van der Waals surface area contributed by atoms with Crippen molar-refractivity contribution in [1.82, 2.24) is 10.3 Å². The predicted molar refractivity (Wildman–Crippen MR) is 66.0 cm³/mol. The number of aromatic amines is 1. The fraction of sp³-hybridized carbons (Fsp3) is 0.462. The maximum absolute atomic E-state index is 11.1. The Bertz CT molecular complexity index is 580. The highest BCUT2D eigenvalue weighted by Gasteiger charge is 2.27. The smallest absolute Gasteiger partial charge is 0.408 e. The lowest BCUT2D eigenvalue weighted by Crippen LogP contribution is -2.29. The highest BCUT2D eigenvalue weighted by molar-refractivity contribution is 5.72. The van der Waals surface area contributed by atoms with Crippen LogP contribution in [0.4, 0.5) is 0 Å². The van der Waals surface area contributed by atoms with Crippen molar-refractivity contribution < 1.29 is 4.42 Å². The number of hydrogen-bond acceptors (Lipinski definition) is 3. The van der Waals surface area contributed by atoms with Crippen molar-refractivity contribution in [2.24, 2.45) is 5.92 Å². The summed E-state index contributed by atoms with van der Waals surface area (Å²) in [5.41, 5.74) is 2.61. The molecule has 4 heteroatoms. The van der Waals surface area contributed by atoms with Crippen LogP contribution in [0.3, 0.4) is 0 Å². The molecule has 1 aliphatic rings. The second kappa shape index (κ2) is 4.04. The lowest BCUT2D eigenvalue weighted by Gasteiger charge is -2.33. The average molecular weight is 232 g/mol. The van der Waals surface area contributed by atoms with E-state index in [1.807, 2.05) is 19.2 Å². The minimum atomic E-state index is -0.387. The Kier molecular flexibility index (Phi) is 2.52. The van der Waals surface area contributed by atoms with E-state index in [9.17, 15) is 4.79 Å². The van der Waals surface area contributed by atoms with Crippen molar-refractivity contribution >= 4 is 11.1 Å². The van der Waals surface area contributed by atoms with Crippen molar-refractivity contribution in [3.8, 4) is 0 Å². The fourth-order valence-electron chi connectivity index (χ4n) is 2.60. The van der Waals surface area contributed by atoms with Gasteiger partial charge in [-0.2, -0.15) is 0 Å². The van der Waals surface area contributed by atoms with E-state index in [1.54, 1.807) is 0 Å². The number of benzene rings is 1. The van der Waals surface area contributed by atoms with Crippen LogP contribution in [0.25, 0.3) is 11.1 Å². The van der Waals surface area contributed by atoms with Crippen molar-refractivity contribution in [3.05, 3.63) is 34.3 Å². The first-order chi connectivity index (χ1) is 8.28. The molecular weight excluding hydrogens is 216 g/mol. The van der Waals surface area contributed by atoms with Gasteiger partial charge in [-0.05, 0) is 43.5 Å². The molecule has 1 fully saturated rings. The molecule has 90 valence electrons. The Morgan fingerprint density at radius 1 is 1.47 bits per heavy atom. The largest absolute Gasteiger partial charge is 0.417 e. The number of H-pyrrole nitrogens is 1.